The van der Waals surface area contributed by atoms with Crippen LogP contribution in [0.15, 0.2) is 0 Å². The monoisotopic (exact) mass is 1010 g/mol. The molecule has 31 atom stereocenters. The predicted molar refractivity (Wildman–Crippen MR) is 203 cm³/mol. The number of ether oxygens (including phenoxy) is 16. The van der Waals surface area contributed by atoms with Crippen LogP contribution in [-0.4, -0.2) is 302 Å². The van der Waals surface area contributed by atoms with Gasteiger partial charge < -0.3 is 142 Å². The van der Waals surface area contributed by atoms with Crippen LogP contribution >= 0.6 is 0 Å². The summed E-state index contributed by atoms with van der Waals surface area (Å²) in [6.45, 7) is -1.30. The second-order valence-corrected chi connectivity index (χ2v) is 18.6. The third-order valence-corrected chi connectivity index (χ3v) is 14.2. The van der Waals surface area contributed by atoms with Gasteiger partial charge in [0.15, 0.2) is 37.7 Å². The highest BCUT2D eigenvalue weighted by molar-refractivity contribution is 5.75. The van der Waals surface area contributed by atoms with Crippen molar-refractivity contribution in [3.8, 4) is 0 Å². The van der Waals surface area contributed by atoms with E-state index in [2.05, 4.69) is 0 Å². The first-order valence-electron chi connectivity index (χ1n) is 22.5. The minimum absolute atomic E-state index is 0.0621. The van der Waals surface area contributed by atoms with E-state index in [4.69, 9.17) is 75.8 Å². The lowest BCUT2D eigenvalue weighted by atomic mass is 9.95. The van der Waals surface area contributed by atoms with E-state index in [-0.39, 0.29) is 19.8 Å². The lowest BCUT2D eigenvalue weighted by Gasteiger charge is -2.51. The van der Waals surface area contributed by atoms with Gasteiger partial charge in [-0.05, 0) is 0 Å². The number of rotatable bonds is 13. The SMILES string of the molecule is CC1(C(=O)O)OC[C@H]2O[C@@H](O[C@H]3[C@H]4OC[C@@H]3O[C@@H](O[C@H]3[C@@H](O)[C@@H](CO)O[C@@H](O[C@H]5[C@H]6OC[C@@H]5O[C@@H](O[C@H]5[C@@H](O)[C@@H](CO)OC(O)[C@@H]5O)[C@H]6O)[C@@H]3O)[C@H]4O)[C@H](O)[C@@H](O[C@@H]3O[C@H]4CO[C@@H]([C@@H]3O)[C@@H]4O)[C@H]2O1. The Bertz CT molecular complexity index is 1790. The maximum atomic E-state index is 12.1. The van der Waals surface area contributed by atoms with Crippen molar-refractivity contribution in [2.75, 3.05) is 39.6 Å². The van der Waals surface area contributed by atoms with E-state index in [9.17, 15) is 71.2 Å². The number of hydrogen-bond donors (Lipinski definition) is 13. The van der Waals surface area contributed by atoms with Gasteiger partial charge in [0.1, 0.15) is 146 Å². The van der Waals surface area contributed by atoms with Gasteiger partial charge in [-0.2, -0.15) is 0 Å². The van der Waals surface area contributed by atoms with Gasteiger partial charge in [-0.3, -0.25) is 0 Å². The molecule has 394 valence electrons. The summed E-state index contributed by atoms with van der Waals surface area (Å²) in [6.07, 6.45) is -44.2. The molecule has 69 heavy (non-hydrogen) atoms. The Morgan fingerprint density at radius 2 is 0.870 bits per heavy atom. The van der Waals surface area contributed by atoms with E-state index < -0.39 is 216 Å². The number of carbonyl (C=O) groups is 1. The van der Waals surface area contributed by atoms with Crippen LogP contribution in [0.1, 0.15) is 6.92 Å². The van der Waals surface area contributed by atoms with E-state index in [1.165, 1.54) is 0 Å². The zero-order valence-corrected chi connectivity index (χ0v) is 36.3. The zero-order chi connectivity index (χ0) is 49.0. The average Bonchev–Trinajstić information content (AvgIpc) is 3.91. The number of carboxylic acid groups (broad SMARTS) is 1. The molecule has 13 N–H and O–H groups in total. The minimum Gasteiger partial charge on any atom is -0.477 e. The number of aliphatic carboxylic acids is 1. The van der Waals surface area contributed by atoms with Crippen molar-refractivity contribution in [1.29, 1.82) is 0 Å². The van der Waals surface area contributed by atoms with Gasteiger partial charge in [0.25, 0.3) is 5.79 Å². The molecule has 10 rings (SSSR count). The summed E-state index contributed by atoms with van der Waals surface area (Å²) in [7, 11) is 0. The van der Waals surface area contributed by atoms with Crippen molar-refractivity contribution in [2.45, 2.75) is 197 Å². The molecule has 30 heteroatoms. The van der Waals surface area contributed by atoms with Crippen LogP contribution in [0, 0.1) is 0 Å². The van der Waals surface area contributed by atoms with Crippen molar-refractivity contribution in [2.24, 2.45) is 0 Å². The fourth-order valence-corrected chi connectivity index (χ4v) is 10.4. The van der Waals surface area contributed by atoms with E-state index in [0.29, 0.717) is 0 Å². The van der Waals surface area contributed by atoms with Crippen molar-refractivity contribution in [3.63, 3.8) is 0 Å². The first-order chi connectivity index (χ1) is 32.9. The molecule has 0 amide bonds. The van der Waals surface area contributed by atoms with E-state index >= 15 is 0 Å². The number of aliphatic hydroxyl groups excluding tert-OH is 12. The van der Waals surface area contributed by atoms with Crippen LogP contribution in [0.5, 0.6) is 0 Å². The number of fused-ring (bicyclic) bond motifs is 7. The maximum absolute atomic E-state index is 12.1. The molecule has 0 aromatic carbocycles. The Labute approximate surface area is 389 Å². The molecular weight excluding hydrogens is 948 g/mol. The first-order valence-corrected chi connectivity index (χ1v) is 22.5. The molecule has 0 aromatic rings. The molecular formula is C39H58O30. The second-order valence-electron chi connectivity index (χ2n) is 18.6. The lowest BCUT2D eigenvalue weighted by molar-refractivity contribution is -0.409. The molecule has 0 aliphatic carbocycles. The summed E-state index contributed by atoms with van der Waals surface area (Å²) < 4.78 is 92.5. The molecule has 2 unspecified atom stereocenters. The van der Waals surface area contributed by atoms with Crippen LogP contribution in [0.4, 0.5) is 0 Å². The standard InChI is InChI=1S/C39H58O30/c1-39(38(52)53)57-7-13-25(69-39)31(68-33-18(46)26-16(44)10(60-33)4-54-26)22(50)37(63-13)65-24-12-6-56-30(24)21(49)36(62-12)67-28-15(43)9(3-41)59-34(19(28)47)64-23-11-5-55-29(23)20(48)35(61-11)66-27-14(42)8(2-40)58-32(51)17(27)45/h8-37,40-51H,2-7H2,1H3,(H,52,53)/t8-,9-,10+,11+,12+,13-,14+,15+,16-,17-,18+,19-,20+,21+,22-,23-,24-,25+,26-,27+,28+,29+,30+,31-,32?,33+,34+,35+,36+,37+,39?/m1/s1. The fraction of sp³-hybridized carbons (Fsp3) is 0.974. The van der Waals surface area contributed by atoms with Crippen molar-refractivity contribution >= 4 is 5.97 Å². The topological polar surface area (TPSA) is 428 Å². The first kappa shape index (κ1) is 50.9. The van der Waals surface area contributed by atoms with Crippen LogP contribution in [-0.2, 0) is 80.6 Å². The summed E-state index contributed by atoms with van der Waals surface area (Å²) in [6, 6.07) is 0. The van der Waals surface area contributed by atoms with Gasteiger partial charge in [-0.25, -0.2) is 4.79 Å². The highest BCUT2D eigenvalue weighted by Gasteiger charge is 2.62. The summed E-state index contributed by atoms with van der Waals surface area (Å²) in [4.78, 5) is 12.1. The Balaban J connectivity index is 0.793. The Hall–Kier alpha value is -1.65. The molecule has 30 nitrogen and oxygen atoms in total. The van der Waals surface area contributed by atoms with Crippen molar-refractivity contribution < 1.29 is 147 Å². The molecule has 10 aliphatic rings. The van der Waals surface area contributed by atoms with E-state index in [1.807, 2.05) is 0 Å². The normalized spacial score (nSPS) is 57.1. The third-order valence-electron chi connectivity index (χ3n) is 14.2. The highest BCUT2D eigenvalue weighted by Crippen LogP contribution is 2.42. The Kier molecular flexibility index (Phi) is 14.7. The Morgan fingerprint density at radius 1 is 0.449 bits per heavy atom. The molecule has 0 aromatic heterocycles. The maximum Gasteiger partial charge on any atom is 0.364 e. The number of aliphatic hydroxyl groups is 12. The van der Waals surface area contributed by atoms with Crippen LogP contribution < -0.4 is 0 Å². The number of carboxylic acids is 1. The largest absolute Gasteiger partial charge is 0.477 e. The highest BCUT2D eigenvalue weighted by atomic mass is 16.8. The van der Waals surface area contributed by atoms with Gasteiger partial charge in [-0.1, -0.05) is 0 Å². The Morgan fingerprint density at radius 3 is 1.43 bits per heavy atom. The lowest BCUT2D eigenvalue weighted by Crippen LogP contribution is -2.69. The molecule has 10 heterocycles. The summed E-state index contributed by atoms with van der Waals surface area (Å²) in [5, 5.41) is 139. The quantitative estimate of drug-likeness (QED) is 0.0815. The molecule has 10 fully saturated rings. The fourth-order valence-electron chi connectivity index (χ4n) is 10.4. The molecule has 0 radical (unpaired) electrons. The summed E-state index contributed by atoms with van der Waals surface area (Å²) in [5.41, 5.74) is 0. The van der Waals surface area contributed by atoms with Crippen molar-refractivity contribution in [3.05, 3.63) is 0 Å². The van der Waals surface area contributed by atoms with Gasteiger partial charge in [0, 0.05) is 6.92 Å². The van der Waals surface area contributed by atoms with E-state index in [1.54, 1.807) is 0 Å². The van der Waals surface area contributed by atoms with Crippen molar-refractivity contribution in [1.82, 2.24) is 0 Å². The van der Waals surface area contributed by atoms with Crippen LogP contribution in [0.25, 0.3) is 0 Å². The van der Waals surface area contributed by atoms with Gasteiger partial charge >= 0.3 is 5.97 Å². The molecule has 10 aliphatic heterocycles. The molecule has 6 bridgehead atoms. The summed E-state index contributed by atoms with van der Waals surface area (Å²) in [5.74, 6) is -3.70. The van der Waals surface area contributed by atoms with Gasteiger partial charge in [-0.15, -0.1) is 0 Å². The summed E-state index contributed by atoms with van der Waals surface area (Å²) >= 11 is 0. The molecule has 10 saturated heterocycles. The van der Waals surface area contributed by atoms with E-state index in [0.717, 1.165) is 6.92 Å². The zero-order valence-electron chi connectivity index (χ0n) is 36.3. The van der Waals surface area contributed by atoms with Gasteiger partial charge in [0.2, 0.25) is 0 Å². The molecule has 0 saturated carbocycles. The van der Waals surface area contributed by atoms with Gasteiger partial charge in [0.05, 0.1) is 39.6 Å². The second kappa shape index (κ2) is 19.9. The molecule has 0 spiro atoms. The van der Waals surface area contributed by atoms with Crippen LogP contribution in [0.2, 0.25) is 0 Å². The third kappa shape index (κ3) is 9.04. The smallest absolute Gasteiger partial charge is 0.364 e. The minimum atomic E-state index is -2.20. The predicted octanol–water partition coefficient (Wildman–Crippen LogP) is -10.1. The number of hydrogen-bond acceptors (Lipinski definition) is 29. The average molecular weight is 1010 g/mol. The van der Waals surface area contributed by atoms with Crippen LogP contribution in [0.3, 0.4) is 0 Å².